The molecule has 4 fully saturated rings. The summed E-state index contributed by atoms with van der Waals surface area (Å²) >= 11 is 4.16. The zero-order valence-corrected chi connectivity index (χ0v) is 17.6. The predicted octanol–water partition coefficient (Wildman–Crippen LogP) is 1.67. The van der Waals surface area contributed by atoms with E-state index in [2.05, 4.69) is 48.1 Å². The molecular weight excluding hydrogens is 380 g/mol. The fourth-order valence-corrected chi connectivity index (χ4v) is 6.57. The molecule has 0 spiro atoms. The fraction of sp³-hybridized carbons (Fsp3) is 0.833. The van der Waals surface area contributed by atoms with E-state index >= 15 is 0 Å². The normalized spacial score (nSPS) is 27.0. The minimum atomic E-state index is 0.513. The van der Waals surface area contributed by atoms with Crippen molar-refractivity contribution < 1.29 is 4.74 Å². The third-order valence-corrected chi connectivity index (χ3v) is 8.11. The number of anilines is 3. The molecule has 9 heteroatoms. The number of hydrogen-bond acceptors (Lipinski definition) is 8. The molecule has 4 saturated heterocycles. The minimum Gasteiger partial charge on any atom is -0.378 e. The van der Waals surface area contributed by atoms with Gasteiger partial charge in [0, 0.05) is 50.8 Å². The van der Waals surface area contributed by atoms with E-state index in [1.165, 1.54) is 47.7 Å². The Bertz CT molecular complexity index is 632. The lowest BCUT2D eigenvalue weighted by atomic mass is 10.3. The van der Waals surface area contributed by atoms with Gasteiger partial charge in [-0.2, -0.15) is 16.7 Å². The summed E-state index contributed by atoms with van der Waals surface area (Å²) in [5, 5.41) is 4.00. The van der Waals surface area contributed by atoms with Crippen LogP contribution in [0.5, 0.6) is 0 Å². The van der Waals surface area contributed by atoms with Gasteiger partial charge in [0.2, 0.25) is 5.95 Å². The van der Waals surface area contributed by atoms with Gasteiger partial charge >= 0.3 is 0 Å². The first-order valence-electron chi connectivity index (χ1n) is 10.3. The van der Waals surface area contributed by atoms with Crippen LogP contribution in [0.3, 0.4) is 0 Å². The van der Waals surface area contributed by atoms with E-state index in [0.29, 0.717) is 5.37 Å². The molecule has 0 aromatic carbocycles. The number of aromatic nitrogens is 2. The molecule has 0 bridgehead atoms. The molecule has 0 saturated carbocycles. The van der Waals surface area contributed by atoms with Crippen molar-refractivity contribution in [1.29, 1.82) is 0 Å². The number of imidazole rings is 1. The van der Waals surface area contributed by atoms with Crippen molar-refractivity contribution in [2.45, 2.75) is 18.2 Å². The van der Waals surface area contributed by atoms with Crippen LogP contribution in [0.25, 0.3) is 0 Å². The Morgan fingerprint density at radius 1 is 0.963 bits per heavy atom. The number of thioether (sulfide) groups is 2. The summed E-state index contributed by atoms with van der Waals surface area (Å²) in [6.07, 6.45) is 2.56. The predicted molar refractivity (Wildman–Crippen MR) is 116 cm³/mol. The Kier molecular flexibility index (Phi) is 5.62. The molecule has 4 aliphatic heterocycles. The van der Waals surface area contributed by atoms with Crippen LogP contribution in [0.1, 0.15) is 18.2 Å². The molecule has 5 rings (SSSR count). The van der Waals surface area contributed by atoms with Gasteiger partial charge in [0.15, 0.2) is 11.6 Å². The SMILES string of the molecule is C1CSC(n2c(N3CCNC3)nc(N3CCSCC3)c2N2CCOCC2)C1. The number of hydrogen-bond donors (Lipinski definition) is 1. The molecule has 27 heavy (non-hydrogen) atoms. The molecule has 1 aromatic heterocycles. The van der Waals surface area contributed by atoms with Gasteiger partial charge in [0.05, 0.1) is 25.3 Å². The summed E-state index contributed by atoms with van der Waals surface area (Å²) in [4.78, 5) is 12.8. The van der Waals surface area contributed by atoms with Crippen molar-refractivity contribution in [3.8, 4) is 0 Å². The Hall–Kier alpha value is -0.770. The summed E-state index contributed by atoms with van der Waals surface area (Å²) in [6.45, 7) is 8.79. The van der Waals surface area contributed by atoms with Crippen LogP contribution in [0.2, 0.25) is 0 Å². The molecule has 1 N–H and O–H groups in total. The molecule has 5 heterocycles. The highest BCUT2D eigenvalue weighted by Crippen LogP contribution is 2.45. The van der Waals surface area contributed by atoms with Crippen molar-refractivity contribution in [2.75, 3.05) is 91.1 Å². The lowest BCUT2D eigenvalue weighted by Crippen LogP contribution is -2.40. The number of ether oxygens (including phenoxy) is 1. The number of morpholine rings is 1. The van der Waals surface area contributed by atoms with E-state index < -0.39 is 0 Å². The largest absolute Gasteiger partial charge is 0.378 e. The zero-order valence-electron chi connectivity index (χ0n) is 15.9. The van der Waals surface area contributed by atoms with E-state index in [-0.39, 0.29) is 0 Å². The molecule has 1 atom stereocenters. The number of rotatable bonds is 4. The maximum Gasteiger partial charge on any atom is 0.211 e. The fourth-order valence-electron chi connectivity index (χ4n) is 4.39. The van der Waals surface area contributed by atoms with Gasteiger partial charge in [-0.1, -0.05) is 0 Å². The van der Waals surface area contributed by atoms with Crippen LogP contribution in [0, 0.1) is 0 Å². The molecule has 150 valence electrons. The van der Waals surface area contributed by atoms with Crippen LogP contribution in [0.4, 0.5) is 17.6 Å². The van der Waals surface area contributed by atoms with Gasteiger partial charge in [-0.05, 0) is 18.6 Å². The second kappa shape index (κ2) is 8.31. The maximum absolute atomic E-state index is 5.66. The summed E-state index contributed by atoms with van der Waals surface area (Å²) in [6, 6.07) is 0. The number of nitrogens with zero attached hydrogens (tertiary/aromatic N) is 5. The summed E-state index contributed by atoms with van der Waals surface area (Å²) in [7, 11) is 0. The molecule has 0 amide bonds. The lowest BCUT2D eigenvalue weighted by molar-refractivity contribution is 0.122. The van der Waals surface area contributed by atoms with Gasteiger partial charge in [0.1, 0.15) is 0 Å². The monoisotopic (exact) mass is 410 g/mol. The van der Waals surface area contributed by atoms with E-state index in [9.17, 15) is 0 Å². The number of nitrogens with one attached hydrogen (secondary N) is 1. The molecule has 0 radical (unpaired) electrons. The topological polar surface area (TPSA) is 48.8 Å². The Labute approximate surface area is 170 Å². The van der Waals surface area contributed by atoms with E-state index in [1.807, 2.05) is 0 Å². The maximum atomic E-state index is 5.66. The zero-order chi connectivity index (χ0) is 18.1. The van der Waals surface area contributed by atoms with E-state index in [4.69, 9.17) is 9.72 Å². The first-order valence-corrected chi connectivity index (χ1v) is 12.5. The third kappa shape index (κ3) is 3.63. The van der Waals surface area contributed by atoms with Gasteiger partial charge in [-0.15, -0.1) is 11.8 Å². The van der Waals surface area contributed by atoms with Crippen molar-refractivity contribution in [3.05, 3.63) is 0 Å². The van der Waals surface area contributed by atoms with Gasteiger partial charge in [-0.3, -0.25) is 9.88 Å². The van der Waals surface area contributed by atoms with Gasteiger partial charge in [-0.25, -0.2) is 0 Å². The van der Waals surface area contributed by atoms with E-state index in [0.717, 1.165) is 59.2 Å². The Morgan fingerprint density at radius 3 is 2.52 bits per heavy atom. The quantitative estimate of drug-likeness (QED) is 0.804. The summed E-state index contributed by atoms with van der Waals surface area (Å²) < 4.78 is 8.25. The Morgan fingerprint density at radius 2 is 1.81 bits per heavy atom. The third-order valence-electron chi connectivity index (χ3n) is 5.81. The van der Waals surface area contributed by atoms with Gasteiger partial charge in [0.25, 0.3) is 0 Å². The van der Waals surface area contributed by atoms with Crippen LogP contribution in [-0.2, 0) is 4.74 Å². The highest BCUT2D eigenvalue weighted by atomic mass is 32.2. The standard InChI is InChI=1S/C18H30N6OS2/c1-2-15(27-11-1)24-17(22-5-9-25-10-6-22)16(21-7-12-26-13-8-21)20-18(24)23-4-3-19-14-23/h15,19H,1-14H2. The lowest BCUT2D eigenvalue weighted by Gasteiger charge is -2.35. The molecular formula is C18H30N6OS2. The van der Waals surface area contributed by atoms with Gasteiger partial charge < -0.3 is 19.4 Å². The average Bonchev–Trinajstić information content (AvgIpc) is 3.48. The highest BCUT2D eigenvalue weighted by Gasteiger charge is 2.34. The Balaban J connectivity index is 1.60. The van der Waals surface area contributed by atoms with Crippen LogP contribution >= 0.6 is 23.5 Å². The van der Waals surface area contributed by atoms with Crippen molar-refractivity contribution >= 4 is 41.1 Å². The van der Waals surface area contributed by atoms with Crippen LogP contribution in [-0.4, -0.2) is 86.0 Å². The van der Waals surface area contributed by atoms with E-state index in [1.54, 1.807) is 0 Å². The second-order valence-corrected chi connectivity index (χ2v) is 10.0. The minimum absolute atomic E-state index is 0.513. The smallest absolute Gasteiger partial charge is 0.211 e. The molecule has 1 aromatic rings. The molecule has 4 aliphatic rings. The molecule has 7 nitrogen and oxygen atoms in total. The van der Waals surface area contributed by atoms with Crippen molar-refractivity contribution in [3.63, 3.8) is 0 Å². The summed E-state index contributed by atoms with van der Waals surface area (Å²) in [5.74, 6) is 7.41. The second-order valence-electron chi connectivity index (χ2n) is 7.52. The summed E-state index contributed by atoms with van der Waals surface area (Å²) in [5.41, 5.74) is 0. The molecule has 1 unspecified atom stereocenters. The first-order chi connectivity index (χ1) is 13.4. The first kappa shape index (κ1) is 18.3. The molecule has 0 aliphatic carbocycles. The van der Waals surface area contributed by atoms with Crippen molar-refractivity contribution in [2.24, 2.45) is 0 Å². The van der Waals surface area contributed by atoms with Crippen LogP contribution < -0.4 is 20.0 Å². The average molecular weight is 411 g/mol. The van der Waals surface area contributed by atoms with Crippen LogP contribution in [0.15, 0.2) is 0 Å². The van der Waals surface area contributed by atoms with Crippen molar-refractivity contribution in [1.82, 2.24) is 14.9 Å². The highest BCUT2D eigenvalue weighted by molar-refractivity contribution is 7.99.